The van der Waals surface area contributed by atoms with E-state index in [0.717, 1.165) is 24.1 Å². The van der Waals surface area contributed by atoms with Crippen LogP contribution in [0.2, 0.25) is 0 Å². The normalized spacial score (nSPS) is 20.1. The number of nitrogens with one attached hydrogen (secondary N) is 1. The Hall–Kier alpha value is -3.92. The summed E-state index contributed by atoms with van der Waals surface area (Å²) in [6, 6.07) is 21.4. The smallest absolute Gasteiger partial charge is 0.247 e. The molecule has 2 fully saturated rings. The van der Waals surface area contributed by atoms with Crippen molar-refractivity contribution in [2.45, 2.75) is 25.9 Å². The number of rotatable bonds is 7. The molecule has 0 spiro atoms. The van der Waals surface area contributed by atoms with Crippen LogP contribution in [0.15, 0.2) is 66.9 Å². The van der Waals surface area contributed by atoms with Gasteiger partial charge in [0, 0.05) is 30.6 Å². The number of aromatic nitrogens is 2. The number of benzene rings is 1. The van der Waals surface area contributed by atoms with E-state index in [1.54, 1.807) is 23.2 Å². The third-order valence-corrected chi connectivity index (χ3v) is 6.09. The van der Waals surface area contributed by atoms with Gasteiger partial charge in [0.25, 0.3) is 0 Å². The fraction of sp³-hybridized carbons (Fsp3) is 0.280. The maximum atomic E-state index is 13.1. The molecule has 160 valence electrons. The van der Waals surface area contributed by atoms with E-state index < -0.39 is 5.41 Å². The fourth-order valence-corrected chi connectivity index (χ4v) is 4.22. The quantitative estimate of drug-likeness (QED) is 0.601. The third kappa shape index (κ3) is 3.87. The van der Waals surface area contributed by atoms with Gasteiger partial charge < -0.3 is 15.0 Å². The molecule has 2 aromatic heterocycles. The Morgan fingerprint density at radius 3 is 2.75 bits per heavy atom. The van der Waals surface area contributed by atoms with E-state index in [4.69, 9.17) is 4.74 Å². The molecule has 0 bridgehead atoms. The van der Waals surface area contributed by atoms with Gasteiger partial charge in [-0.15, -0.1) is 0 Å². The second-order valence-corrected chi connectivity index (χ2v) is 8.22. The van der Waals surface area contributed by atoms with Gasteiger partial charge in [0.2, 0.25) is 11.8 Å². The molecule has 1 saturated carbocycles. The first-order valence-corrected chi connectivity index (χ1v) is 10.8. The fourth-order valence-electron chi connectivity index (χ4n) is 4.22. The zero-order valence-electron chi connectivity index (χ0n) is 17.6. The Kier molecular flexibility index (Phi) is 5.20. The van der Waals surface area contributed by atoms with Gasteiger partial charge in [-0.2, -0.15) is 10.2 Å². The van der Waals surface area contributed by atoms with Crippen molar-refractivity contribution in [2.75, 3.05) is 16.8 Å². The maximum Gasteiger partial charge on any atom is 0.247 e. The van der Waals surface area contributed by atoms with Crippen molar-refractivity contribution in [1.82, 2.24) is 9.97 Å². The lowest BCUT2D eigenvalue weighted by Gasteiger charge is -2.21. The van der Waals surface area contributed by atoms with Crippen molar-refractivity contribution in [3.8, 4) is 11.9 Å². The maximum absolute atomic E-state index is 13.1. The van der Waals surface area contributed by atoms with Crippen LogP contribution in [0.1, 0.15) is 24.8 Å². The second-order valence-electron chi connectivity index (χ2n) is 8.22. The van der Waals surface area contributed by atoms with Crippen LogP contribution in [0.5, 0.6) is 5.88 Å². The molecule has 1 amide bonds. The number of nitriles is 1. The Morgan fingerprint density at radius 2 is 1.97 bits per heavy atom. The molecular formula is C25H23N5O2. The summed E-state index contributed by atoms with van der Waals surface area (Å²) in [5, 5.41) is 12.9. The molecule has 3 aromatic rings. The van der Waals surface area contributed by atoms with E-state index in [0.29, 0.717) is 37.1 Å². The molecule has 3 heterocycles. The molecule has 1 N–H and O–H groups in total. The van der Waals surface area contributed by atoms with Crippen LogP contribution >= 0.6 is 0 Å². The second kappa shape index (κ2) is 8.31. The molecule has 5 rings (SSSR count). The monoisotopic (exact) mass is 425 g/mol. The van der Waals surface area contributed by atoms with Crippen LogP contribution in [-0.2, 0) is 11.4 Å². The third-order valence-electron chi connectivity index (χ3n) is 6.09. The van der Waals surface area contributed by atoms with Crippen LogP contribution in [-0.4, -0.2) is 22.4 Å². The Morgan fingerprint density at radius 1 is 1.12 bits per heavy atom. The van der Waals surface area contributed by atoms with E-state index >= 15 is 0 Å². The number of anilines is 3. The number of ether oxygens (including phenoxy) is 1. The molecule has 1 aliphatic carbocycles. The van der Waals surface area contributed by atoms with Gasteiger partial charge in [0.15, 0.2) is 0 Å². The predicted molar refractivity (Wildman–Crippen MR) is 120 cm³/mol. The van der Waals surface area contributed by atoms with Crippen molar-refractivity contribution in [3.63, 3.8) is 0 Å². The van der Waals surface area contributed by atoms with Crippen LogP contribution < -0.4 is 15.0 Å². The molecule has 32 heavy (non-hydrogen) atoms. The zero-order chi connectivity index (χ0) is 22.0. The van der Waals surface area contributed by atoms with Gasteiger partial charge in [-0.1, -0.05) is 36.4 Å². The molecule has 2 aliphatic rings. The average Bonchev–Trinajstić information content (AvgIpc) is 3.63. The average molecular weight is 425 g/mol. The molecule has 1 atom stereocenters. The SMILES string of the molecule is N#C[C@@]1(C2CC2)CCN(c2ccnc(Nc3cccc(OCc4ccccc4)n3)c2)C1=O. The topological polar surface area (TPSA) is 91.1 Å². The zero-order valence-corrected chi connectivity index (χ0v) is 17.6. The summed E-state index contributed by atoms with van der Waals surface area (Å²) in [7, 11) is 0. The predicted octanol–water partition coefficient (Wildman–Crippen LogP) is 4.46. The van der Waals surface area contributed by atoms with Crippen LogP contribution in [0.4, 0.5) is 17.3 Å². The van der Waals surface area contributed by atoms with Crippen molar-refractivity contribution < 1.29 is 9.53 Å². The summed E-state index contributed by atoms with van der Waals surface area (Å²) < 4.78 is 5.80. The van der Waals surface area contributed by atoms with Gasteiger partial charge in [-0.05, 0) is 42.9 Å². The minimum atomic E-state index is -0.858. The number of pyridine rings is 2. The van der Waals surface area contributed by atoms with Gasteiger partial charge >= 0.3 is 0 Å². The highest BCUT2D eigenvalue weighted by atomic mass is 16.5. The standard InChI is InChI=1S/C25H23N5O2/c26-17-25(19-9-10-19)12-14-30(24(25)31)20-11-13-27-22(15-20)28-21-7-4-8-23(29-21)32-16-18-5-2-1-3-6-18/h1-8,11,13,15,19H,9-10,12,14,16H2,(H,27,28,29)/t25-/m1/s1. The summed E-state index contributed by atoms with van der Waals surface area (Å²) in [5.74, 6) is 1.79. The van der Waals surface area contributed by atoms with Gasteiger partial charge in [0.1, 0.15) is 23.7 Å². The van der Waals surface area contributed by atoms with Crippen molar-refractivity contribution in [3.05, 3.63) is 72.4 Å². The first kappa shape index (κ1) is 20.0. The number of carbonyl (C=O) groups is 1. The minimum Gasteiger partial charge on any atom is -0.473 e. The van der Waals surface area contributed by atoms with Crippen molar-refractivity contribution in [2.24, 2.45) is 11.3 Å². The largest absolute Gasteiger partial charge is 0.473 e. The van der Waals surface area contributed by atoms with Crippen LogP contribution in [0.25, 0.3) is 0 Å². The summed E-state index contributed by atoms with van der Waals surface area (Å²) >= 11 is 0. The van der Waals surface area contributed by atoms with E-state index in [1.165, 1.54) is 0 Å². The molecule has 7 heteroatoms. The number of nitrogens with zero attached hydrogens (tertiary/aromatic N) is 4. The summed E-state index contributed by atoms with van der Waals surface area (Å²) in [6.07, 6.45) is 4.17. The lowest BCUT2D eigenvalue weighted by atomic mass is 9.83. The molecule has 7 nitrogen and oxygen atoms in total. The molecule has 0 radical (unpaired) electrons. The minimum absolute atomic E-state index is 0.0888. The number of carbonyl (C=O) groups excluding carboxylic acids is 1. The van der Waals surface area contributed by atoms with Crippen LogP contribution in [0, 0.1) is 22.7 Å². The highest BCUT2D eigenvalue weighted by molar-refractivity contribution is 6.02. The molecule has 1 aliphatic heterocycles. The van der Waals surface area contributed by atoms with E-state index in [-0.39, 0.29) is 11.8 Å². The Balaban J connectivity index is 1.29. The first-order chi connectivity index (χ1) is 15.7. The first-order valence-electron chi connectivity index (χ1n) is 10.8. The van der Waals surface area contributed by atoms with Gasteiger partial charge in [-0.25, -0.2) is 4.98 Å². The highest BCUT2D eigenvalue weighted by Crippen LogP contribution is 2.51. The summed E-state index contributed by atoms with van der Waals surface area (Å²) in [4.78, 5) is 23.6. The number of amides is 1. The molecule has 1 aromatic carbocycles. The lowest BCUT2D eigenvalue weighted by Crippen LogP contribution is -2.35. The molecule has 0 unspecified atom stereocenters. The van der Waals surface area contributed by atoms with E-state index in [1.807, 2.05) is 48.5 Å². The summed E-state index contributed by atoms with van der Waals surface area (Å²) in [6.45, 7) is 0.983. The van der Waals surface area contributed by atoms with Crippen molar-refractivity contribution >= 4 is 23.2 Å². The lowest BCUT2D eigenvalue weighted by molar-refractivity contribution is -0.123. The van der Waals surface area contributed by atoms with E-state index in [2.05, 4.69) is 21.4 Å². The van der Waals surface area contributed by atoms with Crippen LogP contribution in [0.3, 0.4) is 0 Å². The Labute approximate surface area is 186 Å². The molecular weight excluding hydrogens is 402 g/mol. The Bertz CT molecular complexity index is 1170. The van der Waals surface area contributed by atoms with E-state index in [9.17, 15) is 10.1 Å². The van der Waals surface area contributed by atoms with Gasteiger partial charge in [0.05, 0.1) is 6.07 Å². The summed E-state index contributed by atoms with van der Waals surface area (Å²) in [5.41, 5.74) is 0.946. The molecule has 1 saturated heterocycles. The highest BCUT2D eigenvalue weighted by Gasteiger charge is 2.56. The number of hydrogen-bond acceptors (Lipinski definition) is 6. The van der Waals surface area contributed by atoms with Crippen molar-refractivity contribution in [1.29, 1.82) is 5.26 Å². The van der Waals surface area contributed by atoms with Gasteiger partial charge in [-0.3, -0.25) is 4.79 Å². The number of hydrogen-bond donors (Lipinski definition) is 1.